The number of aromatic nitrogens is 2. The van der Waals surface area contributed by atoms with E-state index < -0.39 is 11.1 Å². The van der Waals surface area contributed by atoms with Crippen molar-refractivity contribution in [1.29, 1.82) is 0 Å². The molecular formula is C14H14N2O2S. The van der Waals surface area contributed by atoms with Crippen LogP contribution in [0.2, 0.25) is 0 Å². The summed E-state index contributed by atoms with van der Waals surface area (Å²) in [5.74, 6) is 1.26. The molecule has 0 fully saturated rings. The van der Waals surface area contributed by atoms with E-state index in [1.165, 1.54) is 19.6 Å². The average Bonchev–Trinajstić information content (AvgIpc) is 2.83. The molecule has 4 nitrogen and oxygen atoms in total. The van der Waals surface area contributed by atoms with E-state index in [1.54, 1.807) is 19.4 Å². The van der Waals surface area contributed by atoms with Gasteiger partial charge in [-0.3, -0.25) is 9.59 Å². The van der Waals surface area contributed by atoms with Gasteiger partial charge in [0.25, 0.3) is 0 Å². The number of fused-ring (bicyclic) bond motifs is 1. The molecule has 0 bridgehead atoms. The summed E-state index contributed by atoms with van der Waals surface area (Å²) in [5, 5.41) is 0. The van der Waals surface area contributed by atoms with Gasteiger partial charge in [0.2, 0.25) is 0 Å². The first-order valence-corrected chi connectivity index (χ1v) is 7.13. The molecule has 3 rings (SSSR count). The van der Waals surface area contributed by atoms with Crippen LogP contribution in [0.15, 0.2) is 51.1 Å². The predicted molar refractivity (Wildman–Crippen MR) is 75.9 cm³/mol. The van der Waals surface area contributed by atoms with E-state index in [9.17, 15) is 9.59 Å². The maximum atomic E-state index is 11.9. The van der Waals surface area contributed by atoms with Crippen molar-refractivity contribution in [2.75, 3.05) is 5.75 Å². The Balaban J connectivity index is 1.94. The molecule has 1 aromatic carbocycles. The largest absolute Gasteiger partial charge is 0.316 e. The first-order chi connectivity index (χ1) is 9.16. The maximum Gasteiger partial charge on any atom is 0.316 e. The molecule has 1 atom stereocenters. The van der Waals surface area contributed by atoms with Crippen LogP contribution in [0.1, 0.15) is 11.5 Å². The Kier molecular flexibility index (Phi) is 3.06. The number of benzene rings is 1. The summed E-state index contributed by atoms with van der Waals surface area (Å²) in [6, 6.07) is 8.25. The van der Waals surface area contributed by atoms with Gasteiger partial charge in [0.05, 0.1) is 0 Å². The smallest absolute Gasteiger partial charge is 0.312 e. The summed E-state index contributed by atoms with van der Waals surface area (Å²) in [7, 11) is 1.59. The molecule has 0 N–H and O–H groups in total. The molecule has 2 heterocycles. The predicted octanol–water partition coefficient (Wildman–Crippen LogP) is 1.44. The molecule has 2 aromatic rings. The molecule has 19 heavy (non-hydrogen) atoms. The lowest BCUT2D eigenvalue weighted by molar-refractivity contribution is 0.570. The zero-order valence-electron chi connectivity index (χ0n) is 10.6. The zero-order valence-corrected chi connectivity index (χ0v) is 11.4. The molecule has 0 spiro atoms. The van der Waals surface area contributed by atoms with Gasteiger partial charge in [0, 0.05) is 42.6 Å². The van der Waals surface area contributed by atoms with Crippen LogP contribution in [0.4, 0.5) is 0 Å². The van der Waals surface area contributed by atoms with Crippen molar-refractivity contribution < 1.29 is 0 Å². The van der Waals surface area contributed by atoms with Crippen LogP contribution in [-0.2, 0) is 13.6 Å². The second kappa shape index (κ2) is 4.74. The van der Waals surface area contributed by atoms with E-state index in [4.69, 9.17) is 0 Å². The highest BCUT2D eigenvalue weighted by Crippen LogP contribution is 2.39. The van der Waals surface area contributed by atoms with E-state index in [2.05, 4.69) is 12.1 Å². The van der Waals surface area contributed by atoms with Crippen molar-refractivity contribution in [3.63, 3.8) is 0 Å². The first-order valence-electron chi connectivity index (χ1n) is 6.14. The van der Waals surface area contributed by atoms with E-state index in [0.29, 0.717) is 12.5 Å². The lowest BCUT2D eigenvalue weighted by Gasteiger charge is -2.12. The van der Waals surface area contributed by atoms with Gasteiger partial charge in [0.1, 0.15) is 0 Å². The Morgan fingerprint density at radius 2 is 2.00 bits per heavy atom. The van der Waals surface area contributed by atoms with Gasteiger partial charge in [-0.2, -0.15) is 0 Å². The summed E-state index contributed by atoms with van der Waals surface area (Å²) in [6.07, 6.45) is 3.33. The Bertz CT molecular complexity index is 733. The third-order valence-electron chi connectivity index (χ3n) is 3.45. The zero-order chi connectivity index (χ0) is 13.4. The molecule has 0 amide bonds. The van der Waals surface area contributed by atoms with Gasteiger partial charge in [-0.05, 0) is 11.6 Å². The highest BCUT2D eigenvalue weighted by atomic mass is 32.2. The highest BCUT2D eigenvalue weighted by Gasteiger charge is 2.23. The van der Waals surface area contributed by atoms with Crippen LogP contribution in [0.25, 0.3) is 0 Å². The number of nitrogens with zero attached hydrogens (tertiary/aromatic N) is 2. The van der Waals surface area contributed by atoms with Gasteiger partial charge >= 0.3 is 11.1 Å². The van der Waals surface area contributed by atoms with Crippen molar-refractivity contribution in [3.8, 4) is 0 Å². The molecule has 5 heteroatoms. The number of aryl methyl sites for hydroxylation is 1. The van der Waals surface area contributed by atoms with Crippen molar-refractivity contribution in [1.82, 2.24) is 9.13 Å². The van der Waals surface area contributed by atoms with Gasteiger partial charge in [0.15, 0.2) is 0 Å². The van der Waals surface area contributed by atoms with Crippen LogP contribution in [0.3, 0.4) is 0 Å². The fourth-order valence-electron chi connectivity index (χ4n) is 2.35. The fourth-order valence-corrected chi connectivity index (χ4v) is 3.59. The molecule has 0 saturated heterocycles. The molecule has 1 unspecified atom stereocenters. The first kappa shape index (κ1) is 12.3. The third kappa shape index (κ3) is 2.14. The Morgan fingerprint density at radius 1 is 1.21 bits per heavy atom. The standard InChI is InChI=1S/C14H14N2O2S/c1-15-6-7-16(14(18)13(15)17)8-10-9-19-12-5-3-2-4-11(10)12/h2-7,10H,8-9H2,1H3. The Hall–Kier alpha value is -1.75. The Labute approximate surface area is 114 Å². The molecule has 0 radical (unpaired) electrons. The molecule has 1 aliphatic rings. The third-order valence-corrected chi connectivity index (χ3v) is 4.70. The van der Waals surface area contributed by atoms with Crippen molar-refractivity contribution >= 4 is 11.8 Å². The average molecular weight is 274 g/mol. The van der Waals surface area contributed by atoms with Gasteiger partial charge < -0.3 is 9.13 Å². The number of thioether (sulfide) groups is 1. The van der Waals surface area contributed by atoms with Crippen LogP contribution < -0.4 is 11.1 Å². The van der Waals surface area contributed by atoms with Gasteiger partial charge in [-0.15, -0.1) is 11.8 Å². The normalized spacial score (nSPS) is 17.4. The number of hydrogen-bond donors (Lipinski definition) is 0. The number of hydrogen-bond acceptors (Lipinski definition) is 3. The van der Waals surface area contributed by atoms with Crippen molar-refractivity contribution in [2.24, 2.45) is 7.05 Å². The summed E-state index contributed by atoms with van der Waals surface area (Å²) in [5.41, 5.74) is 0.362. The quantitative estimate of drug-likeness (QED) is 0.778. The number of rotatable bonds is 2. The molecule has 98 valence electrons. The topological polar surface area (TPSA) is 44.0 Å². The minimum absolute atomic E-state index is 0.297. The molecule has 0 saturated carbocycles. The lowest BCUT2D eigenvalue weighted by Crippen LogP contribution is -2.40. The van der Waals surface area contributed by atoms with E-state index in [1.807, 2.05) is 23.9 Å². The minimum Gasteiger partial charge on any atom is -0.312 e. The van der Waals surface area contributed by atoms with Crippen molar-refractivity contribution in [2.45, 2.75) is 17.4 Å². The summed E-state index contributed by atoms with van der Waals surface area (Å²) < 4.78 is 2.84. The molecule has 0 aliphatic carbocycles. The fraction of sp³-hybridized carbons (Fsp3) is 0.286. The second-order valence-corrected chi connectivity index (χ2v) is 5.78. The molecular weight excluding hydrogens is 260 g/mol. The molecule has 1 aromatic heterocycles. The highest BCUT2D eigenvalue weighted by molar-refractivity contribution is 7.99. The monoisotopic (exact) mass is 274 g/mol. The van der Waals surface area contributed by atoms with Crippen LogP contribution in [0, 0.1) is 0 Å². The van der Waals surface area contributed by atoms with E-state index >= 15 is 0 Å². The van der Waals surface area contributed by atoms with Gasteiger partial charge in [-0.1, -0.05) is 18.2 Å². The van der Waals surface area contributed by atoms with E-state index in [-0.39, 0.29) is 0 Å². The van der Waals surface area contributed by atoms with Crippen LogP contribution in [-0.4, -0.2) is 14.9 Å². The summed E-state index contributed by atoms with van der Waals surface area (Å²) in [6.45, 7) is 0.568. The minimum atomic E-state index is -0.471. The summed E-state index contributed by atoms with van der Waals surface area (Å²) in [4.78, 5) is 24.8. The SMILES string of the molecule is Cn1ccn(CC2CSc3ccccc32)c(=O)c1=O. The van der Waals surface area contributed by atoms with Crippen LogP contribution in [0.5, 0.6) is 0 Å². The van der Waals surface area contributed by atoms with Gasteiger partial charge in [-0.25, -0.2) is 0 Å². The summed E-state index contributed by atoms with van der Waals surface area (Å²) >= 11 is 1.81. The lowest BCUT2D eigenvalue weighted by atomic mass is 10.0. The van der Waals surface area contributed by atoms with E-state index in [0.717, 1.165) is 5.75 Å². The molecule has 1 aliphatic heterocycles. The maximum absolute atomic E-state index is 11.9. The Morgan fingerprint density at radius 3 is 2.84 bits per heavy atom. The van der Waals surface area contributed by atoms with Crippen molar-refractivity contribution in [3.05, 3.63) is 62.9 Å². The van der Waals surface area contributed by atoms with Crippen LogP contribution >= 0.6 is 11.8 Å². The second-order valence-electron chi connectivity index (χ2n) is 4.72.